The third-order valence-corrected chi connectivity index (χ3v) is 2.81. The van der Waals surface area contributed by atoms with Gasteiger partial charge in [-0.2, -0.15) is 0 Å². The molecule has 2 atom stereocenters. The molecule has 0 rings (SSSR count). The van der Waals surface area contributed by atoms with Gasteiger partial charge in [0.15, 0.2) is 11.6 Å². The maximum atomic E-state index is 11.5. The molecule has 0 bridgehead atoms. The molecule has 112 valence electrons. The first-order chi connectivity index (χ1) is 9.02. The Morgan fingerprint density at radius 1 is 0.842 bits per heavy atom. The van der Waals surface area contributed by atoms with E-state index in [4.69, 9.17) is 22.9 Å². The minimum Gasteiger partial charge on any atom is -0.330 e. The summed E-state index contributed by atoms with van der Waals surface area (Å²) in [6.07, 6.45) is 2.06. The molecule has 0 aromatic rings. The normalized spacial score (nSPS) is 14.1. The van der Waals surface area contributed by atoms with Crippen molar-refractivity contribution in [3.8, 4) is 0 Å². The summed E-state index contributed by atoms with van der Waals surface area (Å²) in [4.78, 5) is 23.0. The topological polar surface area (TPSA) is 150 Å². The van der Waals surface area contributed by atoms with Gasteiger partial charge < -0.3 is 28.3 Å². The number of Topliss-reactive ketones (excluding diaryl/α,β-unsaturated/α-hetero) is 2. The average molecular weight is 273 g/mol. The fraction of sp³-hybridized carbons (Fsp3) is 0.833. The van der Waals surface area contributed by atoms with Gasteiger partial charge in [0.25, 0.3) is 0 Å². The van der Waals surface area contributed by atoms with E-state index in [9.17, 15) is 9.59 Å². The van der Waals surface area contributed by atoms with E-state index < -0.39 is 12.1 Å². The summed E-state index contributed by atoms with van der Waals surface area (Å²) in [6, 6.07) is -1.14. The van der Waals surface area contributed by atoms with Crippen molar-refractivity contribution < 1.29 is 9.59 Å². The van der Waals surface area contributed by atoms with E-state index in [1.165, 1.54) is 0 Å². The lowest BCUT2D eigenvalue weighted by atomic mass is 10.1. The Bertz CT molecular complexity index is 247. The van der Waals surface area contributed by atoms with E-state index in [-0.39, 0.29) is 11.6 Å². The number of nitrogens with two attached hydrogens (primary N) is 4. The van der Waals surface area contributed by atoms with Crippen LogP contribution in [0, 0.1) is 0 Å². The number of carbonyl (C=O) groups is 2. The minimum atomic E-state index is -0.571. The summed E-state index contributed by atoms with van der Waals surface area (Å²) >= 11 is 0. The van der Waals surface area contributed by atoms with Crippen molar-refractivity contribution in [2.75, 3.05) is 26.2 Å². The average Bonchev–Trinajstić information content (AvgIpc) is 2.41. The van der Waals surface area contributed by atoms with Gasteiger partial charge in [0, 0.05) is 25.9 Å². The maximum absolute atomic E-state index is 11.5. The Balaban J connectivity index is 3.76. The molecule has 0 aromatic carbocycles. The zero-order valence-corrected chi connectivity index (χ0v) is 11.4. The van der Waals surface area contributed by atoms with Gasteiger partial charge in [-0.05, 0) is 25.9 Å². The molecule has 0 amide bonds. The first-order valence-electron chi connectivity index (χ1n) is 6.70. The Kier molecular flexibility index (Phi) is 10.5. The van der Waals surface area contributed by atoms with Gasteiger partial charge in [0.05, 0.1) is 12.1 Å². The third kappa shape index (κ3) is 8.79. The van der Waals surface area contributed by atoms with Crippen molar-refractivity contribution in [2.24, 2.45) is 22.9 Å². The molecule has 0 saturated heterocycles. The smallest absolute Gasteiger partial charge is 0.150 e. The molecule has 0 heterocycles. The Morgan fingerprint density at radius 2 is 1.21 bits per heavy atom. The molecule has 0 aliphatic rings. The molecular formula is C12H27N5O2. The van der Waals surface area contributed by atoms with Gasteiger partial charge in [-0.1, -0.05) is 0 Å². The number of ketones is 2. The van der Waals surface area contributed by atoms with E-state index in [0.717, 1.165) is 0 Å². The fourth-order valence-corrected chi connectivity index (χ4v) is 1.55. The van der Waals surface area contributed by atoms with Crippen molar-refractivity contribution >= 4 is 11.6 Å². The van der Waals surface area contributed by atoms with Crippen LogP contribution in [0.1, 0.15) is 25.7 Å². The summed E-state index contributed by atoms with van der Waals surface area (Å²) in [5, 5.41) is 2.95. The second-order valence-corrected chi connectivity index (χ2v) is 4.59. The van der Waals surface area contributed by atoms with Crippen LogP contribution in [0.4, 0.5) is 0 Å². The van der Waals surface area contributed by atoms with Gasteiger partial charge in [-0.25, -0.2) is 0 Å². The van der Waals surface area contributed by atoms with Crippen molar-refractivity contribution in [1.29, 1.82) is 0 Å². The highest BCUT2D eigenvalue weighted by Gasteiger charge is 2.15. The highest BCUT2D eigenvalue weighted by atomic mass is 16.1. The highest BCUT2D eigenvalue weighted by molar-refractivity contribution is 5.84. The minimum absolute atomic E-state index is 0.0269. The number of carbonyl (C=O) groups excluding carboxylic acids is 2. The molecule has 0 aromatic heterocycles. The van der Waals surface area contributed by atoms with Crippen molar-refractivity contribution in [1.82, 2.24) is 5.32 Å². The molecule has 19 heavy (non-hydrogen) atoms. The van der Waals surface area contributed by atoms with Crippen LogP contribution in [0.3, 0.4) is 0 Å². The highest BCUT2D eigenvalue weighted by Crippen LogP contribution is 1.94. The van der Waals surface area contributed by atoms with Crippen LogP contribution in [-0.2, 0) is 9.59 Å². The Labute approximate surface area is 114 Å². The van der Waals surface area contributed by atoms with Crippen LogP contribution in [0.5, 0.6) is 0 Å². The number of hydrogen-bond acceptors (Lipinski definition) is 7. The van der Waals surface area contributed by atoms with Crippen LogP contribution in [0.2, 0.25) is 0 Å². The zero-order valence-electron chi connectivity index (χ0n) is 11.4. The molecule has 7 nitrogen and oxygen atoms in total. The van der Waals surface area contributed by atoms with E-state index in [2.05, 4.69) is 5.32 Å². The molecule has 0 fully saturated rings. The first kappa shape index (κ1) is 18.1. The molecule has 7 heteroatoms. The van der Waals surface area contributed by atoms with Crippen molar-refractivity contribution in [2.45, 2.75) is 37.8 Å². The molecule has 0 spiro atoms. The zero-order chi connectivity index (χ0) is 14.7. The molecule has 2 unspecified atom stereocenters. The van der Waals surface area contributed by atoms with E-state index in [1.54, 1.807) is 0 Å². The summed E-state index contributed by atoms with van der Waals surface area (Å²) in [5.74, 6) is -0.0537. The van der Waals surface area contributed by atoms with Gasteiger partial charge in [0.2, 0.25) is 0 Å². The number of rotatable bonds is 12. The number of hydrogen-bond donors (Lipinski definition) is 5. The largest absolute Gasteiger partial charge is 0.330 e. The maximum Gasteiger partial charge on any atom is 0.150 e. The lowest BCUT2D eigenvalue weighted by Crippen LogP contribution is -2.46. The van der Waals surface area contributed by atoms with Crippen LogP contribution >= 0.6 is 0 Å². The fourth-order valence-electron chi connectivity index (χ4n) is 1.55. The van der Waals surface area contributed by atoms with Gasteiger partial charge >= 0.3 is 0 Å². The van der Waals surface area contributed by atoms with Gasteiger partial charge in [-0.3, -0.25) is 9.59 Å². The Hall–Kier alpha value is -0.860. The SMILES string of the molecule is NCCCC(=O)C(N)CNCC(N)C(=O)CCCN. The summed E-state index contributed by atoms with van der Waals surface area (Å²) in [5.41, 5.74) is 22.0. The van der Waals surface area contributed by atoms with Crippen LogP contribution in [0.25, 0.3) is 0 Å². The Morgan fingerprint density at radius 3 is 1.53 bits per heavy atom. The summed E-state index contributed by atoms with van der Waals surface area (Å²) < 4.78 is 0. The lowest BCUT2D eigenvalue weighted by molar-refractivity contribution is -0.120. The summed E-state index contributed by atoms with van der Waals surface area (Å²) in [7, 11) is 0. The van der Waals surface area contributed by atoms with Gasteiger partial charge in [-0.15, -0.1) is 0 Å². The monoisotopic (exact) mass is 273 g/mol. The van der Waals surface area contributed by atoms with E-state index in [1.807, 2.05) is 0 Å². The van der Waals surface area contributed by atoms with Crippen molar-refractivity contribution in [3.63, 3.8) is 0 Å². The molecule has 0 aliphatic carbocycles. The van der Waals surface area contributed by atoms with Crippen LogP contribution in [0.15, 0.2) is 0 Å². The first-order valence-corrected chi connectivity index (χ1v) is 6.70. The van der Waals surface area contributed by atoms with Crippen LogP contribution < -0.4 is 28.3 Å². The number of nitrogens with one attached hydrogen (secondary N) is 1. The molecular weight excluding hydrogens is 246 g/mol. The molecule has 0 aliphatic heterocycles. The van der Waals surface area contributed by atoms with E-state index in [0.29, 0.717) is 51.9 Å². The molecule has 0 radical (unpaired) electrons. The second kappa shape index (κ2) is 11.0. The van der Waals surface area contributed by atoms with Crippen LogP contribution in [-0.4, -0.2) is 49.8 Å². The third-order valence-electron chi connectivity index (χ3n) is 2.81. The quantitative estimate of drug-likeness (QED) is 0.272. The predicted molar refractivity (Wildman–Crippen MR) is 75.4 cm³/mol. The van der Waals surface area contributed by atoms with Crippen molar-refractivity contribution in [3.05, 3.63) is 0 Å². The predicted octanol–water partition coefficient (Wildman–Crippen LogP) is -2.15. The lowest BCUT2D eigenvalue weighted by Gasteiger charge is -2.14. The molecule has 0 saturated carbocycles. The van der Waals surface area contributed by atoms with Gasteiger partial charge in [0.1, 0.15) is 0 Å². The summed E-state index contributed by atoms with van der Waals surface area (Å²) in [6.45, 7) is 1.60. The van der Waals surface area contributed by atoms with E-state index >= 15 is 0 Å². The molecule has 9 N–H and O–H groups in total. The second-order valence-electron chi connectivity index (χ2n) is 4.59. The standard InChI is InChI=1S/C12H27N5O2/c13-5-1-3-11(18)9(15)7-17-8-10(16)12(19)4-2-6-14/h9-10,17H,1-8,13-16H2.